The largest absolute Gasteiger partial charge is 0.445 e. The van der Waals surface area contributed by atoms with Gasteiger partial charge in [-0.15, -0.1) is 0 Å². The molecule has 6 heteroatoms. The Kier molecular flexibility index (Phi) is 4.93. The van der Waals surface area contributed by atoms with E-state index in [1.54, 1.807) is 11.1 Å². The summed E-state index contributed by atoms with van der Waals surface area (Å²) in [6.45, 7) is 3.09. The molecule has 1 atom stereocenters. The van der Waals surface area contributed by atoms with E-state index in [0.29, 0.717) is 24.5 Å². The second-order valence-electron chi connectivity index (χ2n) is 5.94. The van der Waals surface area contributed by atoms with Gasteiger partial charge in [0.05, 0.1) is 12.1 Å². The fraction of sp³-hybridized carbons (Fsp3) is 0.389. The minimum Gasteiger partial charge on any atom is -0.445 e. The third kappa shape index (κ3) is 3.64. The maximum absolute atomic E-state index is 12.5. The number of anilines is 1. The highest BCUT2D eigenvalue weighted by molar-refractivity contribution is 5.93. The van der Waals surface area contributed by atoms with E-state index in [4.69, 9.17) is 4.42 Å². The Morgan fingerprint density at radius 1 is 1.42 bits per heavy atom. The molecule has 6 nitrogen and oxygen atoms in total. The first-order valence-electron chi connectivity index (χ1n) is 8.26. The summed E-state index contributed by atoms with van der Waals surface area (Å²) in [5, 5.41) is 2.95. The van der Waals surface area contributed by atoms with E-state index >= 15 is 0 Å². The Morgan fingerprint density at radius 2 is 2.29 bits per heavy atom. The smallest absolute Gasteiger partial charge is 0.229 e. The lowest BCUT2D eigenvalue weighted by atomic mass is 9.96. The number of rotatable bonds is 4. The first-order chi connectivity index (χ1) is 11.7. The molecular formula is C18H21N3O3. The van der Waals surface area contributed by atoms with Crippen molar-refractivity contribution in [3.8, 4) is 11.5 Å². The average molecular weight is 327 g/mol. The minimum absolute atomic E-state index is 0.0480. The van der Waals surface area contributed by atoms with E-state index < -0.39 is 0 Å². The molecular weight excluding hydrogens is 306 g/mol. The lowest BCUT2D eigenvalue weighted by molar-refractivity contribution is -0.134. The van der Waals surface area contributed by atoms with E-state index in [1.165, 1.54) is 6.26 Å². The normalized spacial score (nSPS) is 17.5. The molecule has 2 aromatic rings. The van der Waals surface area contributed by atoms with Gasteiger partial charge in [0.2, 0.25) is 17.7 Å². The maximum atomic E-state index is 12.5. The summed E-state index contributed by atoms with van der Waals surface area (Å²) in [5.74, 6) is 0.412. The number of likely N-dealkylation sites (tertiary alicyclic amines) is 1. The summed E-state index contributed by atoms with van der Waals surface area (Å²) in [5.41, 5.74) is 1.51. The molecule has 0 bridgehead atoms. The van der Waals surface area contributed by atoms with Gasteiger partial charge in [0.15, 0.2) is 0 Å². The van der Waals surface area contributed by atoms with E-state index in [9.17, 15) is 9.59 Å². The van der Waals surface area contributed by atoms with Crippen LogP contribution in [0.25, 0.3) is 11.5 Å². The molecule has 1 aliphatic rings. The highest BCUT2D eigenvalue weighted by Gasteiger charge is 2.27. The van der Waals surface area contributed by atoms with Crippen molar-refractivity contribution in [2.24, 2.45) is 5.92 Å². The molecule has 2 amide bonds. The summed E-state index contributed by atoms with van der Waals surface area (Å²) >= 11 is 0. The third-order valence-corrected chi connectivity index (χ3v) is 4.26. The topological polar surface area (TPSA) is 75.4 Å². The molecule has 126 valence electrons. The summed E-state index contributed by atoms with van der Waals surface area (Å²) in [4.78, 5) is 30.3. The molecule has 0 radical (unpaired) electrons. The van der Waals surface area contributed by atoms with Crippen LogP contribution in [0.15, 0.2) is 41.1 Å². The predicted molar refractivity (Wildman–Crippen MR) is 90.2 cm³/mol. The van der Waals surface area contributed by atoms with E-state index in [0.717, 1.165) is 24.9 Å². The molecule has 0 saturated carbocycles. The Balaban J connectivity index is 1.66. The van der Waals surface area contributed by atoms with Crippen LogP contribution in [0.1, 0.15) is 26.2 Å². The van der Waals surface area contributed by atoms with Crippen molar-refractivity contribution in [2.75, 3.05) is 18.4 Å². The van der Waals surface area contributed by atoms with Gasteiger partial charge < -0.3 is 14.6 Å². The second-order valence-corrected chi connectivity index (χ2v) is 5.94. The Hall–Kier alpha value is -2.63. The quantitative estimate of drug-likeness (QED) is 0.937. The molecule has 1 aromatic carbocycles. The monoisotopic (exact) mass is 327 g/mol. The van der Waals surface area contributed by atoms with E-state index in [2.05, 4.69) is 10.3 Å². The average Bonchev–Trinajstić information content (AvgIpc) is 3.16. The zero-order valence-electron chi connectivity index (χ0n) is 13.7. The number of benzene rings is 1. The van der Waals surface area contributed by atoms with Gasteiger partial charge in [-0.1, -0.05) is 13.0 Å². The zero-order valence-corrected chi connectivity index (χ0v) is 13.7. The Morgan fingerprint density at radius 3 is 3.04 bits per heavy atom. The van der Waals surface area contributed by atoms with Crippen LogP contribution in [0.3, 0.4) is 0 Å². The van der Waals surface area contributed by atoms with Crippen LogP contribution in [0.2, 0.25) is 0 Å². The van der Waals surface area contributed by atoms with Crippen molar-refractivity contribution in [3.05, 3.63) is 36.7 Å². The van der Waals surface area contributed by atoms with Crippen molar-refractivity contribution in [1.29, 1.82) is 0 Å². The number of nitrogens with one attached hydrogen (secondary N) is 1. The van der Waals surface area contributed by atoms with Crippen LogP contribution in [-0.4, -0.2) is 34.8 Å². The summed E-state index contributed by atoms with van der Waals surface area (Å²) < 4.78 is 5.28. The van der Waals surface area contributed by atoms with Crippen molar-refractivity contribution >= 4 is 17.5 Å². The molecule has 1 aromatic heterocycles. The zero-order chi connectivity index (χ0) is 16.9. The molecule has 3 rings (SSSR count). The molecule has 0 aliphatic carbocycles. The molecule has 1 saturated heterocycles. The van der Waals surface area contributed by atoms with Crippen LogP contribution in [-0.2, 0) is 9.59 Å². The number of hydrogen-bond acceptors (Lipinski definition) is 4. The van der Waals surface area contributed by atoms with Crippen LogP contribution in [0.5, 0.6) is 0 Å². The highest BCUT2D eigenvalue weighted by Crippen LogP contribution is 2.23. The first-order valence-corrected chi connectivity index (χ1v) is 8.26. The van der Waals surface area contributed by atoms with Gasteiger partial charge in [0, 0.05) is 30.8 Å². The number of carbonyl (C=O) groups is 2. The van der Waals surface area contributed by atoms with E-state index in [1.807, 2.05) is 31.2 Å². The molecule has 1 unspecified atom stereocenters. The van der Waals surface area contributed by atoms with Crippen LogP contribution in [0.4, 0.5) is 5.69 Å². The van der Waals surface area contributed by atoms with Crippen molar-refractivity contribution in [1.82, 2.24) is 9.88 Å². The van der Waals surface area contributed by atoms with Crippen LogP contribution < -0.4 is 5.32 Å². The van der Waals surface area contributed by atoms with Crippen molar-refractivity contribution in [3.63, 3.8) is 0 Å². The van der Waals surface area contributed by atoms with Gasteiger partial charge in [0.25, 0.3) is 0 Å². The SMILES string of the molecule is CCC(=O)N1CCCC(C(=O)Nc2cccc(-c3ncco3)c2)C1. The Bertz CT molecular complexity index is 712. The number of hydrogen-bond donors (Lipinski definition) is 1. The van der Waals surface area contributed by atoms with Gasteiger partial charge in [-0.05, 0) is 31.0 Å². The fourth-order valence-electron chi connectivity index (χ4n) is 2.98. The molecule has 1 fully saturated rings. The third-order valence-electron chi connectivity index (χ3n) is 4.26. The number of carbonyl (C=O) groups excluding carboxylic acids is 2. The molecule has 0 spiro atoms. The van der Waals surface area contributed by atoms with E-state index in [-0.39, 0.29) is 17.7 Å². The maximum Gasteiger partial charge on any atom is 0.229 e. The molecule has 1 aliphatic heterocycles. The summed E-state index contributed by atoms with van der Waals surface area (Å²) in [6.07, 6.45) is 5.25. The van der Waals surface area contributed by atoms with Crippen LogP contribution >= 0.6 is 0 Å². The number of piperidine rings is 1. The first kappa shape index (κ1) is 16.2. The minimum atomic E-state index is -0.167. The second kappa shape index (κ2) is 7.29. The van der Waals surface area contributed by atoms with Gasteiger partial charge in [-0.3, -0.25) is 9.59 Å². The van der Waals surface area contributed by atoms with Gasteiger partial charge in [-0.2, -0.15) is 0 Å². The lowest BCUT2D eigenvalue weighted by Gasteiger charge is -2.31. The molecule has 24 heavy (non-hydrogen) atoms. The number of amides is 2. The summed E-state index contributed by atoms with van der Waals surface area (Å²) in [7, 11) is 0. The Labute approximate surface area is 140 Å². The number of aromatic nitrogens is 1. The fourth-order valence-corrected chi connectivity index (χ4v) is 2.98. The van der Waals surface area contributed by atoms with Gasteiger partial charge in [-0.25, -0.2) is 4.98 Å². The number of nitrogens with zero attached hydrogens (tertiary/aromatic N) is 2. The predicted octanol–water partition coefficient (Wildman–Crippen LogP) is 2.93. The van der Waals surface area contributed by atoms with Crippen LogP contribution in [0, 0.1) is 5.92 Å². The highest BCUT2D eigenvalue weighted by atomic mass is 16.3. The van der Waals surface area contributed by atoms with Crippen molar-refractivity contribution < 1.29 is 14.0 Å². The lowest BCUT2D eigenvalue weighted by Crippen LogP contribution is -2.43. The molecule has 1 N–H and O–H groups in total. The standard InChI is InChI=1S/C18H21N3O3/c1-2-16(22)21-9-4-6-14(12-21)17(23)20-15-7-3-5-13(11-15)18-19-8-10-24-18/h3,5,7-8,10-11,14H,2,4,6,9,12H2,1H3,(H,20,23). The van der Waals surface area contributed by atoms with Gasteiger partial charge in [0.1, 0.15) is 6.26 Å². The van der Waals surface area contributed by atoms with Crippen molar-refractivity contribution in [2.45, 2.75) is 26.2 Å². The van der Waals surface area contributed by atoms with Gasteiger partial charge >= 0.3 is 0 Å². The summed E-state index contributed by atoms with van der Waals surface area (Å²) in [6, 6.07) is 7.40. The number of oxazole rings is 1. The molecule has 2 heterocycles.